The van der Waals surface area contributed by atoms with Crippen molar-refractivity contribution in [1.29, 1.82) is 0 Å². The average Bonchev–Trinajstić information content (AvgIpc) is 2.85. The molecule has 2 unspecified atom stereocenters. The molecule has 2 atom stereocenters. The number of halogens is 2. The summed E-state index contributed by atoms with van der Waals surface area (Å²) in [5.41, 5.74) is 5.74. The van der Waals surface area contributed by atoms with Gasteiger partial charge in [0, 0.05) is 13.1 Å². The fraction of sp³-hybridized carbons (Fsp3) is 0.571. The van der Waals surface area contributed by atoms with Gasteiger partial charge in [0.1, 0.15) is 5.82 Å². The van der Waals surface area contributed by atoms with E-state index in [1.807, 2.05) is 0 Å². The van der Waals surface area contributed by atoms with E-state index in [2.05, 4.69) is 11.6 Å². The number of hydrogen-bond acceptors (Lipinski definition) is 3. The number of nitrogens with one attached hydrogen (secondary N) is 1. The van der Waals surface area contributed by atoms with E-state index in [4.69, 9.17) is 17.3 Å². The first-order valence-electron chi connectivity index (χ1n) is 7.03. The molecule has 0 radical (unpaired) electrons. The van der Waals surface area contributed by atoms with Crippen LogP contribution in [0.4, 0.5) is 4.39 Å². The van der Waals surface area contributed by atoms with Gasteiger partial charge < -0.3 is 5.73 Å². The molecular weight excluding hydrogens is 315 g/mol. The number of nitrogens with two attached hydrogens (primary N) is 1. The fourth-order valence-corrected chi connectivity index (χ4v) is 4.09. The second kappa shape index (κ2) is 6.60. The molecule has 1 aliphatic rings. The van der Waals surface area contributed by atoms with E-state index in [1.165, 1.54) is 6.07 Å². The van der Waals surface area contributed by atoms with Gasteiger partial charge in [-0.15, -0.1) is 0 Å². The van der Waals surface area contributed by atoms with Gasteiger partial charge in [-0.3, -0.25) is 0 Å². The fourth-order valence-electron chi connectivity index (χ4n) is 2.75. The van der Waals surface area contributed by atoms with Crippen LogP contribution in [0.2, 0.25) is 5.02 Å². The Balaban J connectivity index is 2.17. The molecule has 7 heteroatoms. The minimum absolute atomic E-state index is 0.0151. The zero-order chi connectivity index (χ0) is 15.6. The highest BCUT2D eigenvalue weighted by molar-refractivity contribution is 7.89. The Morgan fingerprint density at radius 2 is 2.14 bits per heavy atom. The molecule has 1 saturated carbocycles. The highest BCUT2D eigenvalue weighted by atomic mass is 35.5. The van der Waals surface area contributed by atoms with Crippen molar-refractivity contribution >= 4 is 21.6 Å². The topological polar surface area (TPSA) is 72.2 Å². The highest BCUT2D eigenvalue weighted by Gasteiger charge is 2.26. The third-order valence-electron chi connectivity index (χ3n) is 4.18. The lowest BCUT2D eigenvalue weighted by Gasteiger charge is -2.16. The smallest absolute Gasteiger partial charge is 0.240 e. The van der Waals surface area contributed by atoms with Crippen LogP contribution in [0.5, 0.6) is 0 Å². The summed E-state index contributed by atoms with van der Waals surface area (Å²) in [6.45, 7) is 2.49. The van der Waals surface area contributed by atoms with Crippen molar-refractivity contribution in [1.82, 2.24) is 4.72 Å². The zero-order valence-corrected chi connectivity index (χ0v) is 13.5. The van der Waals surface area contributed by atoms with E-state index in [9.17, 15) is 12.8 Å². The Hall–Kier alpha value is -0.690. The van der Waals surface area contributed by atoms with Crippen LogP contribution in [-0.4, -0.2) is 15.0 Å². The number of rotatable bonds is 5. The molecule has 0 aliphatic heterocycles. The summed E-state index contributed by atoms with van der Waals surface area (Å²) in [4.78, 5) is -0.129. The molecule has 1 aromatic carbocycles. The van der Waals surface area contributed by atoms with Gasteiger partial charge in [0.2, 0.25) is 10.0 Å². The molecule has 1 aliphatic carbocycles. The third kappa shape index (κ3) is 3.74. The Kier molecular flexibility index (Phi) is 5.24. The molecule has 0 amide bonds. The van der Waals surface area contributed by atoms with E-state index in [0.29, 0.717) is 18.4 Å². The lowest BCUT2D eigenvalue weighted by molar-refractivity contribution is 0.414. The summed E-state index contributed by atoms with van der Waals surface area (Å²) in [6.07, 6.45) is 3.27. The largest absolute Gasteiger partial charge is 0.326 e. The van der Waals surface area contributed by atoms with Crippen LogP contribution < -0.4 is 10.5 Å². The zero-order valence-electron chi connectivity index (χ0n) is 11.9. The second-order valence-electron chi connectivity index (χ2n) is 5.60. The molecule has 2 rings (SSSR count). The molecule has 3 N–H and O–H groups in total. The molecule has 0 aromatic heterocycles. The monoisotopic (exact) mass is 334 g/mol. The molecule has 118 valence electrons. The van der Waals surface area contributed by atoms with E-state index in [1.54, 1.807) is 0 Å². The molecule has 4 nitrogen and oxygen atoms in total. The van der Waals surface area contributed by atoms with Gasteiger partial charge in [-0.25, -0.2) is 17.5 Å². The van der Waals surface area contributed by atoms with E-state index in [-0.39, 0.29) is 22.0 Å². The number of hydrogen-bond donors (Lipinski definition) is 2. The highest BCUT2D eigenvalue weighted by Crippen LogP contribution is 2.31. The summed E-state index contributed by atoms with van der Waals surface area (Å²) in [6, 6.07) is 2.26. The predicted molar refractivity (Wildman–Crippen MR) is 81.0 cm³/mol. The summed E-state index contributed by atoms with van der Waals surface area (Å²) in [5.74, 6) is 0.0781. The van der Waals surface area contributed by atoms with E-state index < -0.39 is 15.8 Å². The molecule has 0 spiro atoms. The molecule has 21 heavy (non-hydrogen) atoms. The first kappa shape index (κ1) is 16.7. The maximum absolute atomic E-state index is 13.7. The molecule has 1 aromatic rings. The summed E-state index contributed by atoms with van der Waals surface area (Å²) in [7, 11) is -3.75. The van der Waals surface area contributed by atoms with Gasteiger partial charge in [-0.1, -0.05) is 31.4 Å². The van der Waals surface area contributed by atoms with Crippen molar-refractivity contribution in [3.05, 3.63) is 28.5 Å². The minimum Gasteiger partial charge on any atom is -0.326 e. The van der Waals surface area contributed by atoms with Crippen LogP contribution in [0.3, 0.4) is 0 Å². The van der Waals surface area contributed by atoms with Gasteiger partial charge in [0.15, 0.2) is 0 Å². The van der Waals surface area contributed by atoms with Crippen molar-refractivity contribution in [2.24, 2.45) is 17.6 Å². The van der Waals surface area contributed by atoms with Crippen LogP contribution in [0, 0.1) is 17.7 Å². The molecule has 1 fully saturated rings. The first-order valence-corrected chi connectivity index (χ1v) is 8.89. The van der Waals surface area contributed by atoms with Crippen molar-refractivity contribution in [3.63, 3.8) is 0 Å². The van der Waals surface area contributed by atoms with E-state index in [0.717, 1.165) is 25.3 Å². The molecule has 0 saturated heterocycles. The van der Waals surface area contributed by atoms with Gasteiger partial charge in [-0.2, -0.15) is 0 Å². The van der Waals surface area contributed by atoms with Crippen molar-refractivity contribution in [2.45, 2.75) is 37.6 Å². The Bertz CT molecular complexity index is 622. The molecule has 0 bridgehead atoms. The molecular formula is C14H20ClFN2O2S. The maximum atomic E-state index is 13.7. The number of benzene rings is 1. The SMILES string of the molecule is CC1CCCC1CNS(=O)(=O)c1cc(F)c(Cl)c(CN)c1. The predicted octanol–water partition coefficient (Wildman–Crippen LogP) is 2.65. The third-order valence-corrected chi connectivity index (χ3v) is 6.01. The Morgan fingerprint density at radius 3 is 2.71 bits per heavy atom. The van der Waals surface area contributed by atoms with Gasteiger partial charge in [-0.05, 0) is 36.0 Å². The standard InChI is InChI=1S/C14H20ClFN2O2S/c1-9-3-2-4-10(9)8-18-21(19,20)12-5-11(7-17)14(15)13(16)6-12/h5-6,9-10,18H,2-4,7-8,17H2,1H3. The summed E-state index contributed by atoms with van der Waals surface area (Å²) in [5, 5.41) is -0.124. The Labute approximate surface area is 129 Å². The van der Waals surface area contributed by atoms with Crippen LogP contribution in [-0.2, 0) is 16.6 Å². The Morgan fingerprint density at radius 1 is 1.43 bits per heavy atom. The maximum Gasteiger partial charge on any atom is 0.240 e. The van der Waals surface area contributed by atoms with E-state index >= 15 is 0 Å². The normalized spacial score (nSPS) is 22.7. The van der Waals surface area contributed by atoms with Gasteiger partial charge in [0.05, 0.1) is 9.92 Å². The van der Waals surface area contributed by atoms with Crippen LogP contribution in [0.25, 0.3) is 0 Å². The summed E-state index contributed by atoms with van der Waals surface area (Å²) >= 11 is 5.74. The number of sulfonamides is 1. The van der Waals surface area contributed by atoms with Crippen molar-refractivity contribution in [2.75, 3.05) is 6.54 Å². The van der Waals surface area contributed by atoms with Crippen LogP contribution in [0.15, 0.2) is 17.0 Å². The van der Waals surface area contributed by atoms with Crippen molar-refractivity contribution < 1.29 is 12.8 Å². The van der Waals surface area contributed by atoms with Crippen molar-refractivity contribution in [3.8, 4) is 0 Å². The minimum atomic E-state index is -3.75. The average molecular weight is 335 g/mol. The first-order chi connectivity index (χ1) is 9.85. The quantitative estimate of drug-likeness (QED) is 0.869. The lowest BCUT2D eigenvalue weighted by atomic mass is 9.99. The van der Waals surface area contributed by atoms with Crippen LogP contribution >= 0.6 is 11.6 Å². The van der Waals surface area contributed by atoms with Crippen LogP contribution in [0.1, 0.15) is 31.7 Å². The molecule has 0 heterocycles. The summed E-state index contributed by atoms with van der Waals surface area (Å²) < 4.78 is 40.8. The van der Waals surface area contributed by atoms with Gasteiger partial charge >= 0.3 is 0 Å². The second-order valence-corrected chi connectivity index (χ2v) is 7.75. The lowest BCUT2D eigenvalue weighted by Crippen LogP contribution is -2.30. The van der Waals surface area contributed by atoms with Gasteiger partial charge in [0.25, 0.3) is 0 Å².